The molecule has 0 fully saturated rings. The number of nitrogens with one attached hydrogen (secondary N) is 2. The van der Waals surface area contributed by atoms with Crippen molar-refractivity contribution >= 4 is 21.8 Å². The van der Waals surface area contributed by atoms with Crippen LogP contribution in [-0.2, 0) is 20.4 Å². The molecule has 0 heterocycles. The molecule has 2 N–H and O–H groups in total. The van der Waals surface area contributed by atoms with Crippen molar-refractivity contribution in [3.63, 3.8) is 0 Å². The van der Waals surface area contributed by atoms with Gasteiger partial charge in [0.15, 0.2) is 9.84 Å². The van der Waals surface area contributed by atoms with Crippen LogP contribution in [0.15, 0.2) is 18.2 Å². The van der Waals surface area contributed by atoms with E-state index < -0.39 is 21.8 Å². The highest BCUT2D eigenvalue weighted by molar-refractivity contribution is 7.90. The topological polar surface area (TPSA) is 92.3 Å². The van der Waals surface area contributed by atoms with Gasteiger partial charge in [-0.3, -0.25) is 10.1 Å². The summed E-state index contributed by atoms with van der Waals surface area (Å²) in [4.78, 5) is 22.3. The van der Waals surface area contributed by atoms with E-state index in [2.05, 4.69) is 5.32 Å². The molecule has 6 nitrogen and oxygen atoms in total. The monoisotopic (exact) mass is 312 g/mol. The van der Waals surface area contributed by atoms with E-state index >= 15 is 0 Å². The molecule has 0 saturated heterocycles. The summed E-state index contributed by atoms with van der Waals surface area (Å²) >= 11 is 0. The molecule has 1 aromatic rings. The van der Waals surface area contributed by atoms with E-state index in [1.807, 2.05) is 37.4 Å². The number of imide groups is 1. The van der Waals surface area contributed by atoms with Crippen LogP contribution in [0.5, 0.6) is 0 Å². The van der Waals surface area contributed by atoms with Gasteiger partial charge in [0.05, 0.1) is 11.5 Å². The van der Waals surface area contributed by atoms with Crippen molar-refractivity contribution in [3.05, 3.63) is 34.9 Å². The standard InChI is InChI=1S/C14H20N2O4S/c1-10-6-11(2)8-12(7-10)9-21(19,20)5-4-13(17)16-14(18)15-3/h6-8H,4-5,9H2,1-3H3,(H2,15,16,17,18). The number of hydrogen-bond acceptors (Lipinski definition) is 4. The van der Waals surface area contributed by atoms with E-state index in [-0.39, 0.29) is 17.9 Å². The van der Waals surface area contributed by atoms with Crippen LogP contribution in [0.3, 0.4) is 0 Å². The molecular weight excluding hydrogens is 292 g/mol. The number of urea groups is 1. The Kier molecular flexibility index (Phi) is 5.90. The zero-order chi connectivity index (χ0) is 16.0. The molecule has 0 aromatic heterocycles. The van der Waals surface area contributed by atoms with Crippen LogP contribution >= 0.6 is 0 Å². The molecule has 0 aliphatic heterocycles. The van der Waals surface area contributed by atoms with E-state index in [0.717, 1.165) is 11.1 Å². The molecule has 21 heavy (non-hydrogen) atoms. The van der Waals surface area contributed by atoms with Gasteiger partial charge in [0, 0.05) is 13.5 Å². The summed E-state index contributed by atoms with van der Waals surface area (Å²) in [5.74, 6) is -1.01. The second-order valence-electron chi connectivity index (χ2n) is 4.97. The van der Waals surface area contributed by atoms with E-state index in [9.17, 15) is 18.0 Å². The zero-order valence-corrected chi connectivity index (χ0v) is 13.2. The lowest BCUT2D eigenvalue weighted by Crippen LogP contribution is -2.38. The second-order valence-corrected chi connectivity index (χ2v) is 7.15. The minimum atomic E-state index is -3.40. The maximum Gasteiger partial charge on any atom is 0.321 e. The molecule has 7 heteroatoms. The van der Waals surface area contributed by atoms with Crippen molar-refractivity contribution in [2.24, 2.45) is 0 Å². The van der Waals surface area contributed by atoms with E-state index in [1.54, 1.807) is 0 Å². The first kappa shape index (κ1) is 17.2. The first-order valence-corrected chi connectivity index (χ1v) is 8.33. The Morgan fingerprint density at radius 3 is 2.19 bits per heavy atom. The van der Waals surface area contributed by atoms with Gasteiger partial charge in [-0.25, -0.2) is 13.2 Å². The normalized spacial score (nSPS) is 11.0. The smallest absolute Gasteiger partial charge is 0.321 e. The van der Waals surface area contributed by atoms with Gasteiger partial charge in [0.1, 0.15) is 0 Å². The number of sulfone groups is 1. The summed E-state index contributed by atoms with van der Waals surface area (Å²) < 4.78 is 24.0. The Labute approximate surface area is 124 Å². The molecule has 0 saturated carbocycles. The van der Waals surface area contributed by atoms with Gasteiger partial charge in [-0.1, -0.05) is 29.3 Å². The molecule has 116 valence electrons. The first-order valence-electron chi connectivity index (χ1n) is 6.51. The molecule has 0 radical (unpaired) electrons. The van der Waals surface area contributed by atoms with Crippen LogP contribution < -0.4 is 10.6 Å². The number of rotatable bonds is 5. The molecule has 0 spiro atoms. The maximum atomic E-state index is 12.0. The third kappa shape index (κ3) is 6.40. The van der Waals surface area contributed by atoms with Crippen LogP contribution in [0.4, 0.5) is 4.79 Å². The van der Waals surface area contributed by atoms with Crippen LogP contribution in [-0.4, -0.2) is 33.2 Å². The quantitative estimate of drug-likeness (QED) is 0.850. The Bertz CT molecular complexity index is 618. The summed E-state index contributed by atoms with van der Waals surface area (Å²) in [6.45, 7) is 3.81. The number of carbonyl (C=O) groups excluding carboxylic acids is 2. The zero-order valence-electron chi connectivity index (χ0n) is 12.4. The summed E-state index contributed by atoms with van der Waals surface area (Å²) in [5, 5.41) is 4.26. The minimum Gasteiger partial charge on any atom is -0.341 e. The van der Waals surface area contributed by atoms with Gasteiger partial charge in [-0.15, -0.1) is 0 Å². The molecule has 1 rings (SSSR count). The van der Waals surface area contributed by atoms with Crippen molar-refractivity contribution in [2.45, 2.75) is 26.0 Å². The number of benzene rings is 1. The van der Waals surface area contributed by atoms with E-state index in [1.165, 1.54) is 7.05 Å². The summed E-state index contributed by atoms with van der Waals surface area (Å²) in [7, 11) is -2.02. The van der Waals surface area contributed by atoms with Crippen molar-refractivity contribution < 1.29 is 18.0 Å². The summed E-state index contributed by atoms with van der Waals surface area (Å²) in [6, 6.07) is 4.95. The van der Waals surface area contributed by atoms with Gasteiger partial charge in [0.2, 0.25) is 5.91 Å². The van der Waals surface area contributed by atoms with Gasteiger partial charge in [-0.05, 0) is 19.4 Å². The lowest BCUT2D eigenvalue weighted by molar-refractivity contribution is -0.119. The number of hydrogen-bond donors (Lipinski definition) is 2. The fourth-order valence-electron chi connectivity index (χ4n) is 1.98. The van der Waals surface area contributed by atoms with Crippen molar-refractivity contribution in [2.75, 3.05) is 12.8 Å². The highest BCUT2D eigenvalue weighted by Gasteiger charge is 2.16. The molecule has 0 atom stereocenters. The third-order valence-electron chi connectivity index (χ3n) is 2.79. The van der Waals surface area contributed by atoms with Gasteiger partial charge < -0.3 is 5.32 Å². The summed E-state index contributed by atoms with van der Waals surface area (Å²) in [6.07, 6.45) is -0.236. The number of aryl methyl sites for hydroxylation is 2. The van der Waals surface area contributed by atoms with Crippen molar-refractivity contribution in [3.8, 4) is 0 Å². The molecular formula is C14H20N2O4S. The predicted octanol–water partition coefficient (Wildman–Crippen LogP) is 1.06. The highest BCUT2D eigenvalue weighted by atomic mass is 32.2. The van der Waals surface area contributed by atoms with Crippen molar-refractivity contribution in [1.29, 1.82) is 0 Å². The summed E-state index contributed by atoms with van der Waals surface area (Å²) in [5.41, 5.74) is 2.70. The maximum absolute atomic E-state index is 12.0. The second kappa shape index (κ2) is 7.21. The molecule has 1 aromatic carbocycles. The average Bonchev–Trinajstić information content (AvgIpc) is 2.34. The first-order chi connectivity index (χ1) is 9.71. The minimum absolute atomic E-state index is 0.108. The van der Waals surface area contributed by atoms with Crippen LogP contribution in [0.25, 0.3) is 0 Å². The van der Waals surface area contributed by atoms with Gasteiger partial charge in [-0.2, -0.15) is 0 Å². The molecule has 0 aliphatic carbocycles. The lowest BCUT2D eigenvalue weighted by atomic mass is 10.1. The Hall–Kier alpha value is -1.89. The largest absolute Gasteiger partial charge is 0.341 e. The van der Waals surface area contributed by atoms with Crippen LogP contribution in [0.1, 0.15) is 23.1 Å². The molecule has 3 amide bonds. The van der Waals surface area contributed by atoms with E-state index in [0.29, 0.717) is 5.56 Å². The Morgan fingerprint density at radius 1 is 1.10 bits per heavy atom. The third-order valence-corrected chi connectivity index (χ3v) is 4.39. The van der Waals surface area contributed by atoms with Crippen LogP contribution in [0, 0.1) is 13.8 Å². The van der Waals surface area contributed by atoms with E-state index in [4.69, 9.17) is 0 Å². The average molecular weight is 312 g/mol. The highest BCUT2D eigenvalue weighted by Crippen LogP contribution is 2.13. The van der Waals surface area contributed by atoms with Crippen LogP contribution in [0.2, 0.25) is 0 Å². The Morgan fingerprint density at radius 2 is 1.67 bits per heavy atom. The lowest BCUT2D eigenvalue weighted by Gasteiger charge is -2.07. The number of amides is 3. The fourth-order valence-corrected chi connectivity index (χ4v) is 3.29. The Balaban J connectivity index is 2.62. The molecule has 0 bridgehead atoms. The van der Waals surface area contributed by atoms with Crippen molar-refractivity contribution in [1.82, 2.24) is 10.6 Å². The van der Waals surface area contributed by atoms with Gasteiger partial charge in [0.25, 0.3) is 0 Å². The SMILES string of the molecule is CNC(=O)NC(=O)CCS(=O)(=O)Cc1cc(C)cc(C)c1. The predicted molar refractivity (Wildman–Crippen MR) is 80.6 cm³/mol. The fraction of sp³-hybridized carbons (Fsp3) is 0.429. The van der Waals surface area contributed by atoms with Gasteiger partial charge >= 0.3 is 6.03 Å². The number of carbonyl (C=O) groups is 2. The molecule has 0 aliphatic rings. The molecule has 0 unspecified atom stereocenters.